The van der Waals surface area contributed by atoms with Gasteiger partial charge in [0.15, 0.2) is 0 Å². The second-order valence-electron chi connectivity index (χ2n) is 4.72. The molecule has 1 N–H and O–H groups in total. The van der Waals surface area contributed by atoms with E-state index in [9.17, 15) is 9.59 Å². The monoisotopic (exact) mass is 277 g/mol. The summed E-state index contributed by atoms with van der Waals surface area (Å²) in [6.45, 7) is 0.699. The molecule has 110 valence electrons. The number of nitrogens with one attached hydrogen (secondary N) is 1. The van der Waals surface area contributed by atoms with E-state index < -0.39 is 0 Å². The van der Waals surface area contributed by atoms with Gasteiger partial charge in [-0.15, -0.1) is 0 Å². The Kier molecular flexibility index (Phi) is 8.11. The van der Waals surface area contributed by atoms with Gasteiger partial charge in [0.25, 0.3) is 0 Å². The zero-order valence-corrected chi connectivity index (χ0v) is 12.1. The topological polar surface area (TPSA) is 55.4 Å². The van der Waals surface area contributed by atoms with Crippen molar-refractivity contribution in [1.82, 2.24) is 5.32 Å². The van der Waals surface area contributed by atoms with Crippen LogP contribution in [0.5, 0.6) is 0 Å². The average molecular weight is 277 g/mol. The summed E-state index contributed by atoms with van der Waals surface area (Å²) in [6.07, 6.45) is 4.20. The molecule has 1 amide bonds. The Morgan fingerprint density at radius 2 is 1.75 bits per heavy atom. The fourth-order valence-electron chi connectivity index (χ4n) is 1.91. The maximum Gasteiger partial charge on any atom is 0.305 e. The number of aryl methyl sites for hydroxylation is 1. The lowest BCUT2D eigenvalue weighted by Gasteiger charge is -2.05. The molecule has 0 radical (unpaired) electrons. The summed E-state index contributed by atoms with van der Waals surface area (Å²) in [5, 5.41) is 2.90. The Bertz CT molecular complexity index is 403. The van der Waals surface area contributed by atoms with Gasteiger partial charge in [0.2, 0.25) is 5.91 Å². The lowest BCUT2D eigenvalue weighted by atomic mass is 10.1. The van der Waals surface area contributed by atoms with Crippen LogP contribution >= 0.6 is 0 Å². The highest BCUT2D eigenvalue weighted by molar-refractivity contribution is 5.75. The molecular formula is C16H23NO3. The molecule has 0 unspecified atom stereocenters. The van der Waals surface area contributed by atoms with E-state index >= 15 is 0 Å². The van der Waals surface area contributed by atoms with E-state index in [1.807, 2.05) is 18.2 Å². The number of esters is 1. The maximum atomic E-state index is 11.5. The minimum atomic E-state index is -0.215. The van der Waals surface area contributed by atoms with Crippen LogP contribution in [-0.4, -0.2) is 25.5 Å². The predicted octanol–water partition coefficient (Wildman–Crippen LogP) is 2.47. The van der Waals surface area contributed by atoms with Gasteiger partial charge in [-0.2, -0.15) is 0 Å². The van der Waals surface area contributed by atoms with Gasteiger partial charge in [-0.25, -0.2) is 0 Å². The molecule has 0 aliphatic heterocycles. The van der Waals surface area contributed by atoms with Crippen molar-refractivity contribution in [3.05, 3.63) is 35.9 Å². The third-order valence-electron chi connectivity index (χ3n) is 3.07. The smallest absolute Gasteiger partial charge is 0.305 e. The van der Waals surface area contributed by atoms with Gasteiger partial charge in [-0.05, 0) is 31.2 Å². The molecule has 0 bridgehead atoms. The van der Waals surface area contributed by atoms with E-state index in [1.54, 1.807) is 0 Å². The Hall–Kier alpha value is -1.84. The van der Waals surface area contributed by atoms with Crippen molar-refractivity contribution < 1.29 is 14.3 Å². The molecule has 1 rings (SSSR count). The fraction of sp³-hybridized carbons (Fsp3) is 0.500. The number of amides is 1. The first-order valence-electron chi connectivity index (χ1n) is 7.10. The molecule has 4 heteroatoms. The van der Waals surface area contributed by atoms with Crippen LogP contribution in [0.4, 0.5) is 0 Å². The molecule has 0 aliphatic carbocycles. The number of benzene rings is 1. The highest BCUT2D eigenvalue weighted by atomic mass is 16.5. The number of hydrogen-bond acceptors (Lipinski definition) is 3. The molecule has 0 heterocycles. The van der Waals surface area contributed by atoms with Gasteiger partial charge >= 0.3 is 5.97 Å². The number of hydrogen-bond donors (Lipinski definition) is 1. The quantitative estimate of drug-likeness (QED) is 0.557. The first-order chi connectivity index (χ1) is 9.72. The van der Waals surface area contributed by atoms with E-state index in [1.165, 1.54) is 12.7 Å². The molecule has 0 saturated carbocycles. The van der Waals surface area contributed by atoms with Gasteiger partial charge in [-0.1, -0.05) is 30.3 Å². The molecule has 0 saturated heterocycles. The molecule has 4 nitrogen and oxygen atoms in total. The van der Waals surface area contributed by atoms with Crippen LogP contribution in [-0.2, 0) is 20.7 Å². The van der Waals surface area contributed by atoms with Crippen LogP contribution in [0.25, 0.3) is 0 Å². The van der Waals surface area contributed by atoms with Crippen LogP contribution in [0.2, 0.25) is 0 Å². The van der Waals surface area contributed by atoms with Gasteiger partial charge in [0.1, 0.15) is 0 Å². The van der Waals surface area contributed by atoms with Crippen LogP contribution in [0.1, 0.15) is 37.7 Å². The summed E-state index contributed by atoms with van der Waals surface area (Å²) in [4.78, 5) is 22.4. The van der Waals surface area contributed by atoms with Gasteiger partial charge in [-0.3, -0.25) is 9.59 Å². The van der Waals surface area contributed by atoms with Crippen molar-refractivity contribution in [2.24, 2.45) is 0 Å². The predicted molar refractivity (Wildman–Crippen MR) is 78.3 cm³/mol. The number of unbranched alkanes of at least 4 members (excludes halogenated alkanes) is 1. The average Bonchev–Trinajstić information content (AvgIpc) is 2.49. The zero-order chi connectivity index (χ0) is 14.6. The summed E-state index contributed by atoms with van der Waals surface area (Å²) in [5.41, 5.74) is 1.29. The van der Waals surface area contributed by atoms with Crippen LogP contribution in [0.3, 0.4) is 0 Å². The third-order valence-corrected chi connectivity index (χ3v) is 3.07. The molecule has 1 aromatic rings. The molecular weight excluding hydrogens is 254 g/mol. The molecule has 0 aromatic heterocycles. The number of methoxy groups -OCH3 is 1. The Morgan fingerprint density at radius 3 is 2.45 bits per heavy atom. The molecule has 1 aromatic carbocycles. The fourth-order valence-corrected chi connectivity index (χ4v) is 1.91. The largest absolute Gasteiger partial charge is 0.469 e. The number of ether oxygens (including phenoxy) is 1. The zero-order valence-electron chi connectivity index (χ0n) is 12.1. The summed E-state index contributed by atoms with van der Waals surface area (Å²) < 4.78 is 4.54. The number of rotatable bonds is 9. The number of carbonyl (C=O) groups is 2. The number of carbonyl (C=O) groups excluding carboxylic acids is 2. The molecule has 0 atom stereocenters. The highest BCUT2D eigenvalue weighted by Crippen LogP contribution is 2.03. The van der Waals surface area contributed by atoms with Gasteiger partial charge in [0.05, 0.1) is 7.11 Å². The maximum absolute atomic E-state index is 11.5. The highest BCUT2D eigenvalue weighted by Gasteiger charge is 2.03. The summed E-state index contributed by atoms with van der Waals surface area (Å²) in [6, 6.07) is 10.2. The SMILES string of the molecule is COC(=O)CCCCC(=O)NCCCc1ccccc1. The Balaban J connectivity index is 1.99. The first kappa shape index (κ1) is 16.2. The van der Waals surface area contributed by atoms with Crippen molar-refractivity contribution in [1.29, 1.82) is 0 Å². The molecule has 0 spiro atoms. The molecule has 0 aliphatic rings. The minimum Gasteiger partial charge on any atom is -0.469 e. The lowest BCUT2D eigenvalue weighted by Crippen LogP contribution is -2.24. The second kappa shape index (κ2) is 10.0. The van der Waals surface area contributed by atoms with Gasteiger partial charge in [0, 0.05) is 19.4 Å². The van der Waals surface area contributed by atoms with E-state index in [0.29, 0.717) is 25.8 Å². The summed E-state index contributed by atoms with van der Waals surface area (Å²) >= 11 is 0. The van der Waals surface area contributed by atoms with E-state index in [4.69, 9.17) is 0 Å². The van der Waals surface area contributed by atoms with Crippen LogP contribution < -0.4 is 5.32 Å². The van der Waals surface area contributed by atoms with Crippen molar-refractivity contribution >= 4 is 11.9 Å². The van der Waals surface area contributed by atoms with Crippen molar-refractivity contribution in [3.8, 4) is 0 Å². The lowest BCUT2D eigenvalue weighted by molar-refractivity contribution is -0.140. The molecule has 20 heavy (non-hydrogen) atoms. The normalized spacial score (nSPS) is 10.1. The summed E-state index contributed by atoms with van der Waals surface area (Å²) in [7, 11) is 1.38. The molecule has 0 fully saturated rings. The minimum absolute atomic E-state index is 0.0583. The van der Waals surface area contributed by atoms with Crippen molar-refractivity contribution in [2.75, 3.05) is 13.7 Å². The van der Waals surface area contributed by atoms with E-state index in [2.05, 4.69) is 22.2 Å². The second-order valence-corrected chi connectivity index (χ2v) is 4.72. The standard InChI is InChI=1S/C16H23NO3/c1-20-16(19)12-6-5-11-15(18)17-13-7-10-14-8-3-2-4-9-14/h2-4,8-9H,5-7,10-13H2,1H3,(H,17,18). The summed E-state index contributed by atoms with van der Waals surface area (Å²) in [5.74, 6) is -0.156. The Labute approximate surface area is 120 Å². The Morgan fingerprint density at radius 1 is 1.05 bits per heavy atom. The van der Waals surface area contributed by atoms with Gasteiger partial charge < -0.3 is 10.1 Å². The van der Waals surface area contributed by atoms with Crippen LogP contribution in [0.15, 0.2) is 30.3 Å². The first-order valence-corrected chi connectivity index (χ1v) is 7.10. The van der Waals surface area contributed by atoms with E-state index in [-0.39, 0.29) is 11.9 Å². The third kappa shape index (κ3) is 7.56. The van der Waals surface area contributed by atoms with Crippen LogP contribution in [0, 0.1) is 0 Å². The van der Waals surface area contributed by atoms with Crippen molar-refractivity contribution in [3.63, 3.8) is 0 Å². The van der Waals surface area contributed by atoms with E-state index in [0.717, 1.165) is 19.3 Å². The van der Waals surface area contributed by atoms with Crippen molar-refractivity contribution in [2.45, 2.75) is 38.5 Å².